The van der Waals surface area contributed by atoms with Gasteiger partial charge in [-0.3, -0.25) is 0 Å². The highest BCUT2D eigenvalue weighted by atomic mass is 32.2. The second kappa shape index (κ2) is 7.69. The van der Waals surface area contributed by atoms with Gasteiger partial charge in [-0.2, -0.15) is 11.8 Å². The third-order valence-electron chi connectivity index (χ3n) is 2.91. The summed E-state index contributed by atoms with van der Waals surface area (Å²) in [6, 6.07) is 0. The molecule has 1 saturated carbocycles. The van der Waals surface area contributed by atoms with Crippen LogP contribution in [0.2, 0.25) is 0 Å². The van der Waals surface area contributed by atoms with Crippen LogP contribution in [-0.4, -0.2) is 25.1 Å². The zero-order chi connectivity index (χ0) is 9.36. The van der Waals surface area contributed by atoms with E-state index in [2.05, 4.69) is 11.6 Å². The molecule has 13 heavy (non-hydrogen) atoms. The van der Waals surface area contributed by atoms with E-state index in [9.17, 15) is 0 Å². The van der Waals surface area contributed by atoms with Crippen molar-refractivity contribution in [1.82, 2.24) is 5.32 Å². The van der Waals surface area contributed by atoms with Crippen LogP contribution in [0.15, 0.2) is 0 Å². The van der Waals surface area contributed by atoms with E-state index >= 15 is 0 Å². The van der Waals surface area contributed by atoms with Gasteiger partial charge >= 0.3 is 0 Å². The summed E-state index contributed by atoms with van der Waals surface area (Å²) < 4.78 is 0. The lowest BCUT2D eigenvalue weighted by Crippen LogP contribution is -2.22. The Labute approximate surface area is 87.1 Å². The molecule has 0 amide bonds. The van der Waals surface area contributed by atoms with Gasteiger partial charge in [-0.25, -0.2) is 0 Å². The highest BCUT2D eigenvalue weighted by Crippen LogP contribution is 2.28. The van der Waals surface area contributed by atoms with Gasteiger partial charge in [0.15, 0.2) is 0 Å². The number of thioether (sulfide) groups is 1. The van der Waals surface area contributed by atoms with Crippen LogP contribution in [0.5, 0.6) is 0 Å². The molecule has 1 fully saturated rings. The van der Waals surface area contributed by atoms with E-state index in [1.165, 1.54) is 57.4 Å². The summed E-state index contributed by atoms with van der Waals surface area (Å²) in [5.74, 6) is 2.39. The molecule has 0 aromatic carbocycles. The predicted molar refractivity (Wildman–Crippen MR) is 62.4 cm³/mol. The van der Waals surface area contributed by atoms with Gasteiger partial charge in [-0.1, -0.05) is 19.3 Å². The molecule has 0 aliphatic heterocycles. The van der Waals surface area contributed by atoms with Crippen molar-refractivity contribution < 1.29 is 0 Å². The topological polar surface area (TPSA) is 12.0 Å². The number of rotatable bonds is 8. The molecule has 1 rings (SSSR count). The maximum atomic E-state index is 3.53. The van der Waals surface area contributed by atoms with E-state index in [-0.39, 0.29) is 0 Å². The number of unbranched alkanes of at least 4 members (excludes halogenated alkanes) is 1. The van der Waals surface area contributed by atoms with Crippen molar-refractivity contribution in [2.45, 2.75) is 38.5 Å². The standard InChI is InChI=1S/C11H23NS/c1-13-10-3-2-8-12-9-7-11-5-4-6-11/h11-12H,2-10H2,1H3. The van der Waals surface area contributed by atoms with Crippen molar-refractivity contribution in [3.05, 3.63) is 0 Å². The smallest absolute Gasteiger partial charge is 0.00463 e. The molecular formula is C11H23NS. The largest absolute Gasteiger partial charge is 0.317 e. The van der Waals surface area contributed by atoms with Gasteiger partial charge in [-0.05, 0) is 50.3 Å². The quantitative estimate of drug-likeness (QED) is 0.606. The fourth-order valence-corrected chi connectivity index (χ4v) is 2.20. The van der Waals surface area contributed by atoms with Crippen LogP contribution in [0.3, 0.4) is 0 Å². The van der Waals surface area contributed by atoms with Crippen molar-refractivity contribution in [2.24, 2.45) is 5.92 Å². The molecule has 0 spiro atoms. The molecule has 0 unspecified atom stereocenters. The van der Waals surface area contributed by atoms with Gasteiger partial charge in [0.05, 0.1) is 0 Å². The molecule has 0 aromatic heterocycles. The van der Waals surface area contributed by atoms with Crippen molar-refractivity contribution in [2.75, 3.05) is 25.1 Å². The van der Waals surface area contributed by atoms with Crippen LogP contribution in [0, 0.1) is 5.92 Å². The Kier molecular flexibility index (Phi) is 6.73. The number of hydrogen-bond donors (Lipinski definition) is 1. The molecule has 0 atom stereocenters. The van der Waals surface area contributed by atoms with Gasteiger partial charge in [-0.15, -0.1) is 0 Å². The average Bonchev–Trinajstić information content (AvgIpc) is 2.07. The minimum Gasteiger partial charge on any atom is -0.317 e. The fourth-order valence-electron chi connectivity index (χ4n) is 1.71. The lowest BCUT2D eigenvalue weighted by atomic mass is 9.83. The Bertz CT molecular complexity index is 113. The normalized spacial score (nSPS) is 17.3. The van der Waals surface area contributed by atoms with Crippen LogP contribution in [0.1, 0.15) is 38.5 Å². The number of hydrogen-bond acceptors (Lipinski definition) is 2. The van der Waals surface area contributed by atoms with Crippen LogP contribution in [-0.2, 0) is 0 Å². The van der Waals surface area contributed by atoms with E-state index < -0.39 is 0 Å². The summed E-state index contributed by atoms with van der Waals surface area (Å²) in [5.41, 5.74) is 0. The van der Waals surface area contributed by atoms with Crippen LogP contribution < -0.4 is 5.32 Å². The second-order valence-corrected chi connectivity index (χ2v) is 5.02. The predicted octanol–water partition coefficient (Wildman–Crippen LogP) is 2.91. The maximum absolute atomic E-state index is 3.53. The maximum Gasteiger partial charge on any atom is -0.00463 e. The molecule has 1 aliphatic carbocycles. The third kappa shape index (κ3) is 5.58. The first-order valence-electron chi connectivity index (χ1n) is 5.63. The van der Waals surface area contributed by atoms with Crippen LogP contribution in [0.4, 0.5) is 0 Å². The van der Waals surface area contributed by atoms with Crippen molar-refractivity contribution in [3.63, 3.8) is 0 Å². The lowest BCUT2D eigenvalue weighted by molar-refractivity contribution is 0.292. The summed E-state index contributed by atoms with van der Waals surface area (Å²) in [5, 5.41) is 3.53. The highest BCUT2D eigenvalue weighted by Gasteiger charge is 2.15. The van der Waals surface area contributed by atoms with Crippen molar-refractivity contribution >= 4 is 11.8 Å². The summed E-state index contributed by atoms with van der Waals surface area (Å²) in [7, 11) is 0. The Morgan fingerprint density at radius 2 is 2.08 bits per heavy atom. The van der Waals surface area contributed by atoms with Crippen LogP contribution in [0.25, 0.3) is 0 Å². The highest BCUT2D eigenvalue weighted by molar-refractivity contribution is 7.98. The van der Waals surface area contributed by atoms with E-state index in [1.54, 1.807) is 0 Å². The van der Waals surface area contributed by atoms with Crippen LogP contribution >= 0.6 is 11.8 Å². The Balaban J connectivity index is 1.68. The van der Waals surface area contributed by atoms with E-state index in [1.807, 2.05) is 11.8 Å². The van der Waals surface area contributed by atoms with Gasteiger partial charge in [0.1, 0.15) is 0 Å². The zero-order valence-electron chi connectivity index (χ0n) is 8.85. The molecule has 1 aliphatic rings. The SMILES string of the molecule is CSCCCCNCCC1CCC1. The molecule has 0 heterocycles. The third-order valence-corrected chi connectivity index (χ3v) is 3.60. The first kappa shape index (κ1) is 11.4. The van der Waals surface area contributed by atoms with Crippen molar-refractivity contribution in [3.8, 4) is 0 Å². The lowest BCUT2D eigenvalue weighted by Gasteiger charge is -2.25. The molecular weight excluding hydrogens is 178 g/mol. The van der Waals surface area contributed by atoms with Gasteiger partial charge < -0.3 is 5.32 Å². The second-order valence-electron chi connectivity index (χ2n) is 4.04. The van der Waals surface area contributed by atoms with Gasteiger partial charge in [0.25, 0.3) is 0 Å². The Morgan fingerprint density at radius 3 is 2.69 bits per heavy atom. The number of nitrogens with one attached hydrogen (secondary N) is 1. The molecule has 1 nitrogen and oxygen atoms in total. The van der Waals surface area contributed by atoms with E-state index in [4.69, 9.17) is 0 Å². The minimum absolute atomic E-state index is 1.07. The zero-order valence-corrected chi connectivity index (χ0v) is 9.67. The molecule has 0 bridgehead atoms. The summed E-state index contributed by atoms with van der Waals surface area (Å²) in [6.07, 6.45) is 10.8. The molecule has 0 radical (unpaired) electrons. The van der Waals surface area contributed by atoms with E-state index in [0.29, 0.717) is 0 Å². The molecule has 2 heteroatoms. The molecule has 78 valence electrons. The Hall–Kier alpha value is 0.310. The molecule has 1 N–H and O–H groups in total. The molecule has 0 aromatic rings. The van der Waals surface area contributed by atoms with Gasteiger partial charge in [0, 0.05) is 0 Å². The summed E-state index contributed by atoms with van der Waals surface area (Å²) >= 11 is 1.96. The minimum atomic E-state index is 1.07. The van der Waals surface area contributed by atoms with Gasteiger partial charge in [0.2, 0.25) is 0 Å². The summed E-state index contributed by atoms with van der Waals surface area (Å²) in [6.45, 7) is 2.48. The Morgan fingerprint density at radius 1 is 1.23 bits per heavy atom. The first-order valence-corrected chi connectivity index (χ1v) is 7.02. The monoisotopic (exact) mass is 201 g/mol. The average molecular weight is 201 g/mol. The fraction of sp³-hybridized carbons (Fsp3) is 1.00. The van der Waals surface area contributed by atoms with Crippen molar-refractivity contribution in [1.29, 1.82) is 0 Å². The van der Waals surface area contributed by atoms with E-state index in [0.717, 1.165) is 5.92 Å². The molecule has 0 saturated heterocycles. The summed E-state index contributed by atoms with van der Waals surface area (Å²) in [4.78, 5) is 0. The first-order chi connectivity index (χ1) is 6.43.